The van der Waals surface area contributed by atoms with E-state index in [1.54, 1.807) is 23.3 Å². The molecule has 1 N–H and O–H groups in total. The molecular weight excluding hydrogens is 387 g/mol. The molecule has 6 nitrogen and oxygen atoms in total. The largest absolute Gasteiger partial charge is 0.508 e. The van der Waals surface area contributed by atoms with Gasteiger partial charge in [0.2, 0.25) is 5.91 Å². The van der Waals surface area contributed by atoms with Gasteiger partial charge in [-0.2, -0.15) is 0 Å². The van der Waals surface area contributed by atoms with Crippen LogP contribution < -0.4 is 9.96 Å². The van der Waals surface area contributed by atoms with E-state index in [2.05, 4.69) is 0 Å². The Bertz CT molecular complexity index is 1120. The third kappa shape index (κ3) is 2.83. The third-order valence-corrected chi connectivity index (χ3v) is 5.42. The summed E-state index contributed by atoms with van der Waals surface area (Å²) in [7, 11) is 0. The minimum atomic E-state index is -1.02. The van der Waals surface area contributed by atoms with E-state index in [0.29, 0.717) is 16.9 Å². The summed E-state index contributed by atoms with van der Waals surface area (Å²) in [5.74, 6) is -2.15. The molecule has 3 aromatic carbocycles. The molecule has 150 valence electrons. The number of hydrogen-bond donors (Lipinski definition) is 1. The smallest absolute Gasteiger partial charge is 0.266 e. The molecule has 2 aliphatic heterocycles. The molecule has 0 saturated carbocycles. The molecule has 2 saturated heterocycles. The highest BCUT2D eigenvalue weighted by atomic mass is 19.1. The zero-order chi connectivity index (χ0) is 20.8. The number of phenolic OH excluding ortho intramolecular Hbond substituents is 1. The second kappa shape index (κ2) is 6.96. The van der Waals surface area contributed by atoms with Crippen molar-refractivity contribution in [1.29, 1.82) is 0 Å². The summed E-state index contributed by atoms with van der Waals surface area (Å²) in [4.78, 5) is 33.5. The van der Waals surface area contributed by atoms with Gasteiger partial charge in [-0.25, -0.2) is 14.4 Å². The van der Waals surface area contributed by atoms with Crippen LogP contribution in [0.1, 0.15) is 11.6 Å². The average Bonchev–Trinajstić information content (AvgIpc) is 3.26. The Hall–Kier alpha value is -3.71. The molecular formula is C23H17FN2O4. The number of benzene rings is 3. The summed E-state index contributed by atoms with van der Waals surface area (Å²) >= 11 is 0. The molecule has 0 aromatic heterocycles. The first-order valence-electron chi connectivity index (χ1n) is 9.48. The number of imide groups is 1. The van der Waals surface area contributed by atoms with Gasteiger partial charge in [0.25, 0.3) is 5.91 Å². The lowest BCUT2D eigenvalue weighted by molar-refractivity contribution is -0.126. The van der Waals surface area contributed by atoms with Gasteiger partial charge in [-0.15, -0.1) is 0 Å². The fourth-order valence-electron chi connectivity index (χ4n) is 4.11. The van der Waals surface area contributed by atoms with Crippen LogP contribution in [0.4, 0.5) is 15.8 Å². The van der Waals surface area contributed by atoms with Crippen LogP contribution in [0.25, 0.3) is 0 Å². The molecule has 0 spiro atoms. The van der Waals surface area contributed by atoms with Gasteiger partial charge in [0.1, 0.15) is 17.5 Å². The van der Waals surface area contributed by atoms with Crippen molar-refractivity contribution in [3.8, 4) is 5.75 Å². The highest BCUT2D eigenvalue weighted by Gasteiger charge is 2.60. The molecule has 0 aliphatic carbocycles. The second-order valence-corrected chi connectivity index (χ2v) is 7.24. The number of hydrogen-bond acceptors (Lipinski definition) is 5. The summed E-state index contributed by atoms with van der Waals surface area (Å²) in [5.41, 5.74) is 1.63. The molecule has 0 unspecified atom stereocenters. The molecule has 0 bridgehead atoms. The number of fused-ring (bicyclic) bond motifs is 1. The molecule has 0 radical (unpaired) electrons. The van der Waals surface area contributed by atoms with Crippen LogP contribution in [0.5, 0.6) is 5.75 Å². The van der Waals surface area contributed by atoms with E-state index < -0.39 is 35.7 Å². The molecule has 2 amide bonds. The van der Waals surface area contributed by atoms with E-state index in [9.17, 15) is 19.1 Å². The van der Waals surface area contributed by atoms with Crippen LogP contribution in [0.2, 0.25) is 0 Å². The maximum Gasteiger partial charge on any atom is 0.266 e. The Kier molecular flexibility index (Phi) is 4.25. The van der Waals surface area contributed by atoms with Gasteiger partial charge in [0.15, 0.2) is 6.10 Å². The molecule has 2 heterocycles. The predicted octanol–water partition coefficient (Wildman–Crippen LogP) is 3.58. The van der Waals surface area contributed by atoms with E-state index in [1.807, 2.05) is 30.3 Å². The van der Waals surface area contributed by atoms with Crippen molar-refractivity contribution in [2.45, 2.75) is 12.1 Å². The molecule has 2 aliphatic rings. The average molecular weight is 404 g/mol. The van der Waals surface area contributed by atoms with E-state index in [-0.39, 0.29) is 5.75 Å². The first-order valence-corrected chi connectivity index (χ1v) is 9.48. The van der Waals surface area contributed by atoms with Gasteiger partial charge in [0.05, 0.1) is 17.4 Å². The number of para-hydroxylation sites is 1. The molecule has 30 heavy (non-hydrogen) atoms. The number of hydroxylamine groups is 1. The van der Waals surface area contributed by atoms with Gasteiger partial charge in [-0.1, -0.05) is 30.3 Å². The first-order chi connectivity index (χ1) is 14.5. The standard InChI is InChI=1S/C23H17FN2O4/c24-15-9-11-16(12-10-15)25-22(28)19-20(14-5-4-8-18(27)13-14)26(30-21(19)23(25)29)17-6-2-1-3-7-17/h1-13,19-21,27H/t19-,20-,21-/m0/s1. The maximum absolute atomic E-state index is 13.4. The summed E-state index contributed by atoms with van der Waals surface area (Å²) < 4.78 is 13.3. The zero-order valence-corrected chi connectivity index (χ0v) is 15.7. The number of nitrogens with zero attached hydrogens (tertiary/aromatic N) is 2. The lowest BCUT2D eigenvalue weighted by Gasteiger charge is -2.28. The number of rotatable bonds is 3. The van der Waals surface area contributed by atoms with Crippen molar-refractivity contribution in [3.63, 3.8) is 0 Å². The van der Waals surface area contributed by atoms with Crippen LogP contribution in [0.15, 0.2) is 78.9 Å². The normalized spacial score (nSPS) is 23.2. The van der Waals surface area contributed by atoms with Crippen molar-refractivity contribution in [3.05, 3.63) is 90.2 Å². The summed E-state index contributed by atoms with van der Waals surface area (Å²) in [6, 6.07) is 20.3. The minimum absolute atomic E-state index is 0.0520. The third-order valence-electron chi connectivity index (χ3n) is 5.42. The Morgan fingerprint density at radius 1 is 0.833 bits per heavy atom. The summed E-state index contributed by atoms with van der Waals surface area (Å²) in [5, 5.41) is 11.5. The monoisotopic (exact) mass is 404 g/mol. The highest BCUT2D eigenvalue weighted by Crippen LogP contribution is 2.47. The first kappa shape index (κ1) is 18.3. The highest BCUT2D eigenvalue weighted by molar-refractivity contribution is 6.23. The molecule has 3 atom stereocenters. The number of aromatic hydroxyl groups is 1. The van der Waals surface area contributed by atoms with Crippen LogP contribution in [-0.4, -0.2) is 23.0 Å². The number of phenols is 1. The Morgan fingerprint density at radius 3 is 2.27 bits per heavy atom. The van der Waals surface area contributed by atoms with Crippen LogP contribution in [0.3, 0.4) is 0 Å². The second-order valence-electron chi connectivity index (χ2n) is 7.24. The fraction of sp³-hybridized carbons (Fsp3) is 0.130. The Labute approximate surface area is 171 Å². The number of anilines is 2. The zero-order valence-electron chi connectivity index (χ0n) is 15.7. The Morgan fingerprint density at radius 2 is 1.57 bits per heavy atom. The number of halogens is 1. The number of carbonyl (C=O) groups excluding carboxylic acids is 2. The van der Waals surface area contributed by atoms with Crippen molar-refractivity contribution in [2.24, 2.45) is 5.92 Å². The van der Waals surface area contributed by atoms with Crippen molar-refractivity contribution < 1.29 is 23.9 Å². The number of carbonyl (C=O) groups is 2. The van der Waals surface area contributed by atoms with Gasteiger partial charge >= 0.3 is 0 Å². The van der Waals surface area contributed by atoms with Crippen LogP contribution in [0, 0.1) is 11.7 Å². The van der Waals surface area contributed by atoms with E-state index >= 15 is 0 Å². The topological polar surface area (TPSA) is 70.1 Å². The van der Waals surface area contributed by atoms with Crippen molar-refractivity contribution >= 4 is 23.2 Å². The van der Waals surface area contributed by atoms with Gasteiger partial charge in [-0.05, 0) is 54.1 Å². The lowest BCUT2D eigenvalue weighted by Crippen LogP contribution is -2.37. The van der Waals surface area contributed by atoms with Crippen molar-refractivity contribution in [2.75, 3.05) is 9.96 Å². The quantitative estimate of drug-likeness (QED) is 0.676. The minimum Gasteiger partial charge on any atom is -0.508 e. The molecule has 2 fully saturated rings. The van der Waals surface area contributed by atoms with Crippen LogP contribution in [-0.2, 0) is 14.4 Å². The van der Waals surface area contributed by atoms with Gasteiger partial charge < -0.3 is 5.11 Å². The fourth-order valence-corrected chi connectivity index (χ4v) is 4.11. The predicted molar refractivity (Wildman–Crippen MR) is 107 cm³/mol. The summed E-state index contributed by atoms with van der Waals surface area (Å²) in [6.07, 6.45) is -1.02. The van der Waals surface area contributed by atoms with E-state index in [4.69, 9.17) is 4.84 Å². The number of amides is 2. The van der Waals surface area contributed by atoms with E-state index in [1.165, 1.54) is 30.3 Å². The van der Waals surface area contributed by atoms with Gasteiger partial charge in [-0.3, -0.25) is 14.4 Å². The van der Waals surface area contributed by atoms with Crippen molar-refractivity contribution in [1.82, 2.24) is 0 Å². The molecule has 7 heteroatoms. The Balaban J connectivity index is 1.59. The maximum atomic E-state index is 13.4. The molecule has 3 aromatic rings. The molecule has 5 rings (SSSR count). The SMILES string of the molecule is O=C1[C@@H]2[C@H](ON(c3ccccc3)[C@H]2c2cccc(O)c2)C(=O)N1c1ccc(F)cc1. The van der Waals surface area contributed by atoms with E-state index in [0.717, 1.165) is 4.90 Å². The van der Waals surface area contributed by atoms with Gasteiger partial charge in [0, 0.05) is 0 Å². The lowest BCUT2D eigenvalue weighted by atomic mass is 9.90. The van der Waals surface area contributed by atoms with Crippen LogP contribution >= 0.6 is 0 Å². The summed E-state index contributed by atoms with van der Waals surface area (Å²) in [6.45, 7) is 0.